The SMILES string of the molecule is COc1cc(NS(=O)(=O)c2ccc(O)c([N+](=O)[O-])c2)ccc1NS(C)(=O)=O. The first-order chi connectivity index (χ1) is 12.4. The first-order valence-corrected chi connectivity index (χ1v) is 10.5. The van der Waals surface area contributed by atoms with E-state index >= 15 is 0 Å². The second kappa shape index (κ2) is 7.28. The Balaban J connectivity index is 2.38. The van der Waals surface area contributed by atoms with Gasteiger partial charge in [-0.3, -0.25) is 19.6 Å². The molecule has 0 spiro atoms. The average molecular weight is 417 g/mol. The Kier molecular flexibility index (Phi) is 5.46. The number of nitrogens with one attached hydrogen (secondary N) is 2. The third-order valence-electron chi connectivity index (χ3n) is 3.20. The van der Waals surface area contributed by atoms with E-state index in [1.54, 1.807) is 0 Å². The van der Waals surface area contributed by atoms with Crippen LogP contribution < -0.4 is 14.2 Å². The molecule has 0 heterocycles. The van der Waals surface area contributed by atoms with Crippen molar-refractivity contribution in [2.75, 3.05) is 22.8 Å². The third kappa shape index (κ3) is 4.98. The molecule has 3 N–H and O–H groups in total. The van der Waals surface area contributed by atoms with E-state index in [1.165, 1.54) is 25.3 Å². The van der Waals surface area contributed by atoms with Crippen molar-refractivity contribution < 1.29 is 31.6 Å². The molecule has 0 aliphatic rings. The van der Waals surface area contributed by atoms with Gasteiger partial charge < -0.3 is 9.84 Å². The predicted molar refractivity (Wildman–Crippen MR) is 97.0 cm³/mol. The normalized spacial score (nSPS) is 11.6. The lowest BCUT2D eigenvalue weighted by Gasteiger charge is -2.13. The summed E-state index contributed by atoms with van der Waals surface area (Å²) >= 11 is 0. The molecule has 2 aromatic rings. The predicted octanol–water partition coefficient (Wildman–Crippen LogP) is 1.48. The number of phenolic OH excluding ortho intramolecular Hbond substituents is 1. The van der Waals surface area contributed by atoms with Gasteiger partial charge in [-0.15, -0.1) is 0 Å². The number of anilines is 2. The number of hydrogen-bond donors (Lipinski definition) is 3. The van der Waals surface area contributed by atoms with Crippen molar-refractivity contribution in [3.05, 3.63) is 46.5 Å². The highest BCUT2D eigenvalue weighted by Crippen LogP contribution is 2.32. The van der Waals surface area contributed by atoms with E-state index < -0.39 is 41.3 Å². The molecular formula is C14H15N3O8S2. The van der Waals surface area contributed by atoms with Gasteiger partial charge in [0.1, 0.15) is 5.75 Å². The number of nitro groups is 1. The summed E-state index contributed by atoms with van der Waals surface area (Å²) in [5.41, 5.74) is -0.631. The fourth-order valence-corrected chi connectivity index (χ4v) is 3.71. The molecule has 0 saturated carbocycles. The molecule has 0 atom stereocenters. The van der Waals surface area contributed by atoms with E-state index in [1.807, 2.05) is 0 Å². The third-order valence-corrected chi connectivity index (χ3v) is 5.17. The van der Waals surface area contributed by atoms with E-state index in [0.29, 0.717) is 6.07 Å². The lowest BCUT2D eigenvalue weighted by Crippen LogP contribution is -2.14. The van der Waals surface area contributed by atoms with Crippen molar-refractivity contribution >= 4 is 37.1 Å². The Labute approximate surface area is 154 Å². The zero-order chi connectivity index (χ0) is 20.4. The molecule has 2 rings (SSSR count). The zero-order valence-corrected chi connectivity index (χ0v) is 15.7. The molecule has 27 heavy (non-hydrogen) atoms. The Morgan fingerprint density at radius 3 is 2.30 bits per heavy atom. The quantitative estimate of drug-likeness (QED) is 0.450. The maximum absolute atomic E-state index is 12.4. The van der Waals surface area contributed by atoms with Gasteiger partial charge in [0.2, 0.25) is 10.0 Å². The highest BCUT2D eigenvalue weighted by molar-refractivity contribution is 7.92. The van der Waals surface area contributed by atoms with Gasteiger partial charge in [0.05, 0.1) is 34.6 Å². The lowest BCUT2D eigenvalue weighted by molar-refractivity contribution is -0.386. The first kappa shape index (κ1) is 20.3. The lowest BCUT2D eigenvalue weighted by atomic mass is 10.2. The first-order valence-electron chi connectivity index (χ1n) is 7.09. The van der Waals surface area contributed by atoms with E-state index in [0.717, 1.165) is 18.4 Å². The largest absolute Gasteiger partial charge is 0.502 e. The van der Waals surface area contributed by atoms with Gasteiger partial charge in [-0.1, -0.05) is 0 Å². The molecule has 0 unspecified atom stereocenters. The molecule has 13 heteroatoms. The molecule has 0 saturated heterocycles. The van der Waals surface area contributed by atoms with Gasteiger partial charge in [0.15, 0.2) is 5.75 Å². The van der Waals surface area contributed by atoms with Gasteiger partial charge in [-0.2, -0.15) is 0 Å². The number of benzene rings is 2. The summed E-state index contributed by atoms with van der Waals surface area (Å²) in [6, 6.07) is 6.42. The van der Waals surface area contributed by atoms with Crippen LogP contribution in [0.4, 0.5) is 17.1 Å². The molecule has 0 fully saturated rings. The maximum Gasteiger partial charge on any atom is 0.312 e. The number of ether oxygens (including phenoxy) is 1. The van der Waals surface area contributed by atoms with E-state index in [2.05, 4.69) is 9.44 Å². The number of aromatic hydroxyl groups is 1. The van der Waals surface area contributed by atoms with Crippen molar-refractivity contribution in [1.82, 2.24) is 0 Å². The second-order valence-electron chi connectivity index (χ2n) is 5.30. The molecule has 0 aliphatic heterocycles. The molecule has 0 radical (unpaired) electrons. The van der Waals surface area contributed by atoms with E-state index in [-0.39, 0.29) is 17.1 Å². The summed E-state index contributed by atoms with van der Waals surface area (Å²) in [5, 5.41) is 20.3. The minimum absolute atomic E-state index is 0.0293. The van der Waals surface area contributed by atoms with Gasteiger partial charge in [-0.25, -0.2) is 16.8 Å². The topological polar surface area (TPSA) is 165 Å². The van der Waals surface area contributed by atoms with Crippen LogP contribution in [-0.2, 0) is 20.0 Å². The zero-order valence-electron chi connectivity index (χ0n) is 14.0. The molecule has 11 nitrogen and oxygen atoms in total. The molecular weight excluding hydrogens is 402 g/mol. The number of phenols is 1. The molecule has 0 amide bonds. The van der Waals surface area contributed by atoms with Crippen LogP contribution in [0.5, 0.6) is 11.5 Å². The van der Waals surface area contributed by atoms with Crippen molar-refractivity contribution in [2.24, 2.45) is 0 Å². The van der Waals surface area contributed by atoms with Crippen LogP contribution in [-0.4, -0.2) is 40.2 Å². The van der Waals surface area contributed by atoms with E-state index in [9.17, 15) is 32.1 Å². The van der Waals surface area contributed by atoms with Crippen LogP contribution in [0.2, 0.25) is 0 Å². The Bertz CT molecular complexity index is 1100. The number of methoxy groups -OCH3 is 1. The molecule has 2 aromatic carbocycles. The van der Waals surface area contributed by atoms with Crippen molar-refractivity contribution in [3.8, 4) is 11.5 Å². The minimum Gasteiger partial charge on any atom is -0.502 e. The summed E-state index contributed by atoms with van der Waals surface area (Å²) in [7, 11) is -6.52. The van der Waals surface area contributed by atoms with Gasteiger partial charge >= 0.3 is 5.69 Å². The van der Waals surface area contributed by atoms with Crippen molar-refractivity contribution in [3.63, 3.8) is 0 Å². The number of rotatable bonds is 7. The summed E-state index contributed by atoms with van der Waals surface area (Å²) in [6.45, 7) is 0. The smallest absolute Gasteiger partial charge is 0.312 e. The van der Waals surface area contributed by atoms with Crippen molar-refractivity contribution in [2.45, 2.75) is 4.90 Å². The molecule has 0 aliphatic carbocycles. The number of nitrogens with zero attached hydrogens (tertiary/aromatic N) is 1. The van der Waals surface area contributed by atoms with Crippen LogP contribution in [0.25, 0.3) is 0 Å². The Hall–Kier alpha value is -3.06. The summed E-state index contributed by atoms with van der Waals surface area (Å²) in [5.74, 6) is -0.617. The van der Waals surface area contributed by atoms with Crippen LogP contribution in [0.1, 0.15) is 0 Å². The Morgan fingerprint density at radius 2 is 1.74 bits per heavy atom. The maximum atomic E-state index is 12.4. The number of hydrogen-bond acceptors (Lipinski definition) is 8. The fourth-order valence-electron chi connectivity index (χ4n) is 2.07. The summed E-state index contributed by atoms with van der Waals surface area (Å²) in [4.78, 5) is 9.50. The highest BCUT2D eigenvalue weighted by Gasteiger charge is 2.22. The average Bonchev–Trinajstić information content (AvgIpc) is 2.54. The second-order valence-corrected chi connectivity index (χ2v) is 8.73. The monoisotopic (exact) mass is 417 g/mol. The van der Waals surface area contributed by atoms with Crippen LogP contribution in [0.15, 0.2) is 41.3 Å². The highest BCUT2D eigenvalue weighted by atomic mass is 32.2. The van der Waals surface area contributed by atoms with Gasteiger partial charge in [0.25, 0.3) is 10.0 Å². The van der Waals surface area contributed by atoms with Gasteiger partial charge in [-0.05, 0) is 24.3 Å². The number of nitro benzene ring substituents is 1. The standard InChI is InChI=1S/C14H15N3O8S2/c1-25-14-7-9(3-5-11(14)16-26(2,21)22)15-27(23,24)10-4-6-13(18)12(8-10)17(19)20/h3-8,15-16,18H,1-2H3. The minimum atomic E-state index is -4.22. The molecule has 0 aromatic heterocycles. The van der Waals surface area contributed by atoms with Gasteiger partial charge in [0, 0.05) is 12.1 Å². The van der Waals surface area contributed by atoms with Crippen LogP contribution in [0, 0.1) is 10.1 Å². The Morgan fingerprint density at radius 1 is 1.07 bits per heavy atom. The number of sulfonamides is 2. The molecule has 0 bridgehead atoms. The van der Waals surface area contributed by atoms with E-state index in [4.69, 9.17) is 4.74 Å². The van der Waals surface area contributed by atoms with Crippen LogP contribution >= 0.6 is 0 Å². The van der Waals surface area contributed by atoms with Crippen molar-refractivity contribution in [1.29, 1.82) is 0 Å². The summed E-state index contributed by atoms with van der Waals surface area (Å²) < 4.78 is 57.0. The molecule has 146 valence electrons. The van der Waals surface area contributed by atoms with Crippen LogP contribution in [0.3, 0.4) is 0 Å². The summed E-state index contributed by atoms with van der Waals surface area (Å²) in [6.07, 6.45) is 0.945. The fraction of sp³-hybridized carbons (Fsp3) is 0.143.